The standard InChI is InChI=1S/C37H36O7/c1-24(38)20-21-28(25-14-8-5-9-15-25)29-22-37(35(39)42-3,36(40)43-4)23-30-31(29)32(33(41-2)26-16-10-6-11-17-26)34(44-30)27-18-12-7-13-19-27/h5-19,33H,20-23H2,1-4H3/b29-28+/t33-/m0/s1. The van der Waals surface area contributed by atoms with E-state index in [0.29, 0.717) is 23.5 Å². The highest BCUT2D eigenvalue weighted by molar-refractivity contribution is 6.06. The van der Waals surface area contributed by atoms with Crippen LogP contribution in [0.4, 0.5) is 0 Å². The van der Waals surface area contributed by atoms with E-state index in [1.807, 2.05) is 91.0 Å². The fourth-order valence-electron chi connectivity index (χ4n) is 6.21. The molecule has 5 rings (SSSR count). The van der Waals surface area contributed by atoms with E-state index in [1.54, 1.807) is 14.0 Å². The van der Waals surface area contributed by atoms with Crippen LogP contribution in [0.3, 0.4) is 0 Å². The van der Waals surface area contributed by atoms with Crippen LogP contribution in [-0.4, -0.2) is 39.1 Å². The van der Waals surface area contributed by atoms with Crippen molar-refractivity contribution in [1.82, 2.24) is 0 Å². The van der Waals surface area contributed by atoms with Crippen molar-refractivity contribution >= 4 is 28.9 Å². The average molecular weight is 593 g/mol. The minimum Gasteiger partial charge on any atom is -0.468 e. The topological polar surface area (TPSA) is 92.0 Å². The first-order chi connectivity index (χ1) is 21.3. The molecule has 0 amide bonds. The van der Waals surface area contributed by atoms with E-state index in [9.17, 15) is 14.4 Å². The molecule has 0 bridgehead atoms. The third kappa shape index (κ3) is 5.75. The van der Waals surface area contributed by atoms with E-state index in [2.05, 4.69) is 0 Å². The highest BCUT2D eigenvalue weighted by Crippen LogP contribution is 2.53. The number of allylic oxidation sites excluding steroid dienone is 2. The number of furan rings is 1. The maximum absolute atomic E-state index is 13.6. The second-order valence-electron chi connectivity index (χ2n) is 11.0. The molecule has 1 atom stereocenters. The summed E-state index contributed by atoms with van der Waals surface area (Å²) in [6.45, 7) is 1.56. The van der Waals surface area contributed by atoms with Gasteiger partial charge in [0.25, 0.3) is 0 Å². The predicted molar refractivity (Wildman–Crippen MR) is 167 cm³/mol. The smallest absolute Gasteiger partial charge is 0.324 e. The van der Waals surface area contributed by atoms with Gasteiger partial charge in [-0.25, -0.2) is 0 Å². The van der Waals surface area contributed by atoms with Crippen LogP contribution >= 0.6 is 0 Å². The summed E-state index contributed by atoms with van der Waals surface area (Å²) in [5.74, 6) is -0.369. The molecule has 1 aliphatic rings. The molecule has 0 radical (unpaired) electrons. The summed E-state index contributed by atoms with van der Waals surface area (Å²) >= 11 is 0. The lowest BCUT2D eigenvalue weighted by atomic mass is 9.68. The lowest BCUT2D eigenvalue weighted by Crippen LogP contribution is -2.45. The molecular weight excluding hydrogens is 556 g/mol. The largest absolute Gasteiger partial charge is 0.468 e. The predicted octanol–water partition coefficient (Wildman–Crippen LogP) is 7.24. The second-order valence-corrected chi connectivity index (χ2v) is 11.0. The summed E-state index contributed by atoms with van der Waals surface area (Å²) in [5.41, 5.74) is 4.03. The van der Waals surface area contributed by atoms with Gasteiger partial charge in [-0.05, 0) is 35.6 Å². The van der Waals surface area contributed by atoms with Gasteiger partial charge in [0.05, 0.1) is 14.2 Å². The quantitative estimate of drug-likeness (QED) is 0.142. The van der Waals surface area contributed by atoms with Crippen LogP contribution in [0.15, 0.2) is 95.4 Å². The zero-order chi connectivity index (χ0) is 31.3. The third-order valence-electron chi connectivity index (χ3n) is 8.26. The van der Waals surface area contributed by atoms with Gasteiger partial charge in [0.2, 0.25) is 0 Å². The monoisotopic (exact) mass is 592 g/mol. The molecular formula is C37H36O7. The molecule has 226 valence electrons. The maximum atomic E-state index is 13.6. The van der Waals surface area contributed by atoms with Gasteiger partial charge in [-0.1, -0.05) is 91.0 Å². The van der Waals surface area contributed by atoms with Crippen molar-refractivity contribution in [2.75, 3.05) is 21.3 Å². The Labute approximate surface area is 257 Å². The van der Waals surface area contributed by atoms with Crippen molar-refractivity contribution in [2.45, 2.75) is 38.7 Å². The van der Waals surface area contributed by atoms with Crippen molar-refractivity contribution in [3.8, 4) is 11.3 Å². The van der Waals surface area contributed by atoms with Gasteiger partial charge in [-0.3, -0.25) is 9.59 Å². The van der Waals surface area contributed by atoms with Gasteiger partial charge in [0, 0.05) is 43.1 Å². The lowest BCUT2D eigenvalue weighted by Gasteiger charge is -2.34. The van der Waals surface area contributed by atoms with E-state index in [-0.39, 0.29) is 25.0 Å². The molecule has 3 aromatic carbocycles. The molecule has 1 aliphatic carbocycles. The summed E-state index contributed by atoms with van der Waals surface area (Å²) in [6.07, 6.45) is 0.0548. The van der Waals surface area contributed by atoms with E-state index < -0.39 is 23.5 Å². The average Bonchev–Trinajstić information content (AvgIpc) is 3.44. The van der Waals surface area contributed by atoms with Gasteiger partial charge < -0.3 is 23.4 Å². The van der Waals surface area contributed by atoms with E-state index in [4.69, 9.17) is 18.6 Å². The Morgan fingerprint density at radius 2 is 1.34 bits per heavy atom. The van der Waals surface area contributed by atoms with Gasteiger partial charge in [-0.2, -0.15) is 0 Å². The molecule has 0 fully saturated rings. The molecule has 0 N–H and O–H groups in total. The second kappa shape index (κ2) is 13.3. The van der Waals surface area contributed by atoms with Crippen LogP contribution < -0.4 is 0 Å². The van der Waals surface area contributed by atoms with Crippen LogP contribution in [0.25, 0.3) is 22.5 Å². The number of Topliss-reactive ketones (excluding diaryl/α,β-unsaturated/α-hetero) is 1. The number of hydrogen-bond donors (Lipinski definition) is 0. The van der Waals surface area contributed by atoms with Crippen molar-refractivity contribution < 1.29 is 33.0 Å². The first kappa shape index (κ1) is 30.7. The molecule has 0 aliphatic heterocycles. The highest BCUT2D eigenvalue weighted by atomic mass is 16.5. The number of methoxy groups -OCH3 is 3. The van der Waals surface area contributed by atoms with Gasteiger partial charge >= 0.3 is 11.9 Å². The summed E-state index contributed by atoms with van der Waals surface area (Å²) in [4.78, 5) is 39.5. The van der Waals surface area contributed by atoms with Crippen LogP contribution in [0.5, 0.6) is 0 Å². The minimum absolute atomic E-state index is 0.00648. The molecule has 0 saturated heterocycles. The van der Waals surface area contributed by atoms with E-state index in [1.165, 1.54) is 14.2 Å². The van der Waals surface area contributed by atoms with Gasteiger partial charge in [0.15, 0.2) is 5.41 Å². The zero-order valence-corrected chi connectivity index (χ0v) is 25.4. The fourth-order valence-corrected chi connectivity index (χ4v) is 6.21. The molecule has 7 heteroatoms. The molecule has 1 heterocycles. The molecule has 7 nitrogen and oxygen atoms in total. The number of hydrogen-bond acceptors (Lipinski definition) is 7. The minimum atomic E-state index is -1.69. The van der Waals surface area contributed by atoms with Crippen LogP contribution in [0.2, 0.25) is 0 Å². The summed E-state index contributed by atoms with van der Waals surface area (Å²) in [6, 6.07) is 29.2. The number of esters is 2. The Morgan fingerprint density at radius 1 is 0.773 bits per heavy atom. The normalized spacial score (nSPS) is 15.5. The number of benzene rings is 3. The van der Waals surface area contributed by atoms with Crippen LogP contribution in [-0.2, 0) is 35.0 Å². The van der Waals surface area contributed by atoms with Crippen LogP contribution in [0.1, 0.15) is 60.3 Å². The van der Waals surface area contributed by atoms with E-state index >= 15 is 0 Å². The lowest BCUT2D eigenvalue weighted by molar-refractivity contribution is -0.169. The number of ether oxygens (including phenoxy) is 3. The maximum Gasteiger partial charge on any atom is 0.324 e. The number of fused-ring (bicyclic) bond motifs is 1. The summed E-state index contributed by atoms with van der Waals surface area (Å²) in [5, 5.41) is 0. The Balaban J connectivity index is 1.93. The Bertz CT molecular complexity index is 1650. The number of carbonyl (C=O) groups excluding carboxylic acids is 3. The molecule has 44 heavy (non-hydrogen) atoms. The molecule has 0 spiro atoms. The Hall–Kier alpha value is -4.75. The summed E-state index contributed by atoms with van der Waals surface area (Å²) in [7, 11) is 4.18. The molecule has 0 saturated carbocycles. The highest BCUT2D eigenvalue weighted by Gasteiger charge is 2.54. The van der Waals surface area contributed by atoms with Crippen molar-refractivity contribution in [1.29, 1.82) is 0 Å². The fraction of sp³-hybridized carbons (Fsp3) is 0.270. The van der Waals surface area contributed by atoms with Crippen molar-refractivity contribution in [3.05, 3.63) is 119 Å². The number of rotatable bonds is 10. The van der Waals surface area contributed by atoms with Gasteiger partial charge in [-0.15, -0.1) is 0 Å². The van der Waals surface area contributed by atoms with Crippen LogP contribution in [0, 0.1) is 5.41 Å². The first-order valence-electron chi connectivity index (χ1n) is 14.6. The zero-order valence-electron chi connectivity index (χ0n) is 25.4. The SMILES string of the molecule is COC(=O)C1(C(=O)OC)C/C(=C(/CCC(C)=O)c2ccccc2)c2c(oc(-c3ccccc3)c2[C@@H](OC)c2ccccc2)C1. The number of ketones is 1. The Morgan fingerprint density at radius 3 is 1.89 bits per heavy atom. The van der Waals surface area contributed by atoms with Gasteiger partial charge in [0.1, 0.15) is 23.4 Å². The van der Waals surface area contributed by atoms with Crippen molar-refractivity contribution in [3.63, 3.8) is 0 Å². The third-order valence-corrected chi connectivity index (χ3v) is 8.26. The van der Waals surface area contributed by atoms with E-state index in [0.717, 1.165) is 33.4 Å². The van der Waals surface area contributed by atoms with Crippen molar-refractivity contribution in [2.24, 2.45) is 5.41 Å². The first-order valence-corrected chi connectivity index (χ1v) is 14.6. The molecule has 0 unspecified atom stereocenters. The molecule has 4 aromatic rings. The Kier molecular flexibility index (Phi) is 9.26. The molecule has 1 aromatic heterocycles. The summed E-state index contributed by atoms with van der Waals surface area (Å²) < 4.78 is 23.4. The number of carbonyl (C=O) groups is 3.